The van der Waals surface area contributed by atoms with Crippen LogP contribution in [0.3, 0.4) is 0 Å². The number of nitro benzene ring substituents is 1. The molecule has 0 amide bonds. The van der Waals surface area contributed by atoms with Crippen molar-refractivity contribution in [2.24, 2.45) is 0 Å². The highest BCUT2D eigenvalue weighted by molar-refractivity contribution is 5.57. The van der Waals surface area contributed by atoms with Crippen LogP contribution in [0.2, 0.25) is 0 Å². The van der Waals surface area contributed by atoms with Gasteiger partial charge in [-0.2, -0.15) is 0 Å². The second kappa shape index (κ2) is 6.18. The van der Waals surface area contributed by atoms with Crippen molar-refractivity contribution in [3.8, 4) is 0 Å². The van der Waals surface area contributed by atoms with Crippen LogP contribution in [-0.2, 0) is 12.0 Å². The molecule has 2 aromatic rings. The predicted molar refractivity (Wildman–Crippen MR) is 90.3 cm³/mol. The lowest BCUT2D eigenvalue weighted by Gasteiger charge is -2.19. The first-order chi connectivity index (χ1) is 10.3. The molecular weight excluding hydrogens is 276 g/mol. The predicted octanol–water partition coefficient (Wildman–Crippen LogP) is 4.81. The molecule has 0 fully saturated rings. The Bertz CT molecular complexity index is 670. The summed E-state index contributed by atoms with van der Waals surface area (Å²) in [5.74, 6) is 0. The van der Waals surface area contributed by atoms with Gasteiger partial charge in [0.25, 0.3) is 5.69 Å². The van der Waals surface area contributed by atoms with E-state index < -0.39 is 0 Å². The quantitative estimate of drug-likeness (QED) is 0.650. The number of anilines is 1. The maximum atomic E-state index is 10.8. The summed E-state index contributed by atoms with van der Waals surface area (Å²) in [6, 6.07) is 13.3. The van der Waals surface area contributed by atoms with E-state index in [-0.39, 0.29) is 16.0 Å². The minimum Gasteiger partial charge on any atom is -0.381 e. The number of aryl methyl sites for hydroxylation is 1. The van der Waals surface area contributed by atoms with Crippen molar-refractivity contribution >= 4 is 11.4 Å². The summed E-state index contributed by atoms with van der Waals surface area (Å²) in [5.41, 5.74) is 4.49. The Kier molecular flexibility index (Phi) is 4.50. The molecule has 0 saturated heterocycles. The van der Waals surface area contributed by atoms with E-state index in [4.69, 9.17) is 0 Å². The van der Waals surface area contributed by atoms with Gasteiger partial charge in [-0.05, 0) is 29.0 Å². The fourth-order valence-electron chi connectivity index (χ4n) is 2.23. The van der Waals surface area contributed by atoms with Crippen LogP contribution in [0.1, 0.15) is 37.5 Å². The van der Waals surface area contributed by atoms with E-state index >= 15 is 0 Å². The lowest BCUT2D eigenvalue weighted by molar-refractivity contribution is -0.384. The summed E-state index contributed by atoms with van der Waals surface area (Å²) < 4.78 is 0. The Hall–Kier alpha value is -2.36. The van der Waals surface area contributed by atoms with Gasteiger partial charge in [-0.1, -0.05) is 51.1 Å². The zero-order valence-electron chi connectivity index (χ0n) is 13.5. The summed E-state index contributed by atoms with van der Waals surface area (Å²) >= 11 is 0. The van der Waals surface area contributed by atoms with Gasteiger partial charge in [0.1, 0.15) is 0 Å². The fraction of sp³-hybridized carbons (Fsp3) is 0.333. The molecule has 0 saturated carbocycles. The Labute approximate surface area is 131 Å². The van der Waals surface area contributed by atoms with E-state index in [0.29, 0.717) is 6.54 Å². The lowest BCUT2D eigenvalue weighted by atomic mass is 9.87. The molecule has 0 aliphatic carbocycles. The van der Waals surface area contributed by atoms with Crippen LogP contribution in [0.5, 0.6) is 0 Å². The molecule has 0 spiro atoms. The van der Waals surface area contributed by atoms with Crippen LogP contribution in [0, 0.1) is 17.0 Å². The second-order valence-corrected chi connectivity index (χ2v) is 6.56. The van der Waals surface area contributed by atoms with E-state index in [1.165, 1.54) is 11.6 Å². The largest absolute Gasteiger partial charge is 0.381 e. The first-order valence-corrected chi connectivity index (χ1v) is 7.36. The smallest absolute Gasteiger partial charge is 0.271 e. The zero-order chi connectivity index (χ0) is 16.3. The highest BCUT2D eigenvalue weighted by atomic mass is 16.6. The van der Waals surface area contributed by atoms with Crippen LogP contribution in [0.15, 0.2) is 42.5 Å². The molecule has 2 aromatic carbocycles. The number of hydrogen-bond acceptors (Lipinski definition) is 3. The summed E-state index contributed by atoms with van der Waals surface area (Å²) in [5, 5.41) is 14.1. The molecule has 4 nitrogen and oxygen atoms in total. The molecule has 0 radical (unpaired) electrons. The maximum Gasteiger partial charge on any atom is 0.271 e. The van der Waals surface area contributed by atoms with E-state index in [1.54, 1.807) is 12.1 Å². The topological polar surface area (TPSA) is 55.2 Å². The van der Waals surface area contributed by atoms with E-state index in [9.17, 15) is 10.1 Å². The van der Waals surface area contributed by atoms with Crippen LogP contribution in [-0.4, -0.2) is 4.92 Å². The van der Waals surface area contributed by atoms with Gasteiger partial charge in [0, 0.05) is 24.4 Å². The minimum absolute atomic E-state index is 0.108. The van der Waals surface area contributed by atoms with Crippen molar-refractivity contribution in [1.82, 2.24) is 0 Å². The number of nitrogens with one attached hydrogen (secondary N) is 1. The Morgan fingerprint density at radius 3 is 2.27 bits per heavy atom. The third kappa shape index (κ3) is 3.85. The molecule has 0 heterocycles. The van der Waals surface area contributed by atoms with Gasteiger partial charge in [0.15, 0.2) is 0 Å². The van der Waals surface area contributed by atoms with Gasteiger partial charge in [-0.3, -0.25) is 10.1 Å². The van der Waals surface area contributed by atoms with Crippen molar-refractivity contribution < 1.29 is 4.92 Å². The van der Waals surface area contributed by atoms with Crippen molar-refractivity contribution in [2.45, 2.75) is 39.7 Å². The molecule has 0 bridgehead atoms. The maximum absolute atomic E-state index is 10.8. The van der Waals surface area contributed by atoms with Crippen LogP contribution in [0.25, 0.3) is 0 Å². The molecule has 0 aromatic heterocycles. The Morgan fingerprint density at radius 2 is 1.73 bits per heavy atom. The van der Waals surface area contributed by atoms with Gasteiger partial charge in [0.2, 0.25) is 0 Å². The fourth-order valence-corrected chi connectivity index (χ4v) is 2.23. The molecule has 116 valence electrons. The highest BCUT2D eigenvalue weighted by Crippen LogP contribution is 2.24. The molecule has 0 atom stereocenters. The SMILES string of the molecule is Cc1ccc([N+](=O)[O-])cc1NCc1ccc(C(C)(C)C)cc1. The van der Waals surface area contributed by atoms with E-state index in [2.05, 4.69) is 50.4 Å². The van der Waals surface area contributed by atoms with Crippen molar-refractivity contribution in [3.05, 3.63) is 69.3 Å². The first-order valence-electron chi connectivity index (χ1n) is 7.36. The number of non-ortho nitro benzene ring substituents is 1. The van der Waals surface area contributed by atoms with E-state index in [1.807, 2.05) is 6.92 Å². The Balaban J connectivity index is 2.10. The van der Waals surface area contributed by atoms with Gasteiger partial charge in [-0.15, -0.1) is 0 Å². The van der Waals surface area contributed by atoms with Crippen molar-refractivity contribution in [1.29, 1.82) is 0 Å². The molecule has 0 aliphatic heterocycles. The second-order valence-electron chi connectivity index (χ2n) is 6.56. The standard InChI is InChI=1S/C18H22N2O2/c1-13-5-10-16(20(21)22)11-17(13)19-12-14-6-8-15(9-7-14)18(2,3)4/h5-11,19H,12H2,1-4H3. The molecule has 4 heteroatoms. The Morgan fingerprint density at radius 1 is 1.09 bits per heavy atom. The summed E-state index contributed by atoms with van der Waals surface area (Å²) in [6.07, 6.45) is 0. The summed E-state index contributed by atoms with van der Waals surface area (Å²) in [6.45, 7) is 9.15. The van der Waals surface area contributed by atoms with Gasteiger partial charge >= 0.3 is 0 Å². The number of hydrogen-bond donors (Lipinski definition) is 1. The van der Waals surface area contributed by atoms with Crippen molar-refractivity contribution in [2.75, 3.05) is 5.32 Å². The van der Waals surface area contributed by atoms with Crippen LogP contribution < -0.4 is 5.32 Å². The molecular formula is C18H22N2O2. The van der Waals surface area contributed by atoms with Crippen LogP contribution >= 0.6 is 0 Å². The molecule has 0 aliphatic rings. The molecule has 1 N–H and O–H groups in total. The number of nitrogens with zero attached hydrogens (tertiary/aromatic N) is 1. The first kappa shape index (κ1) is 16.0. The van der Waals surface area contributed by atoms with Gasteiger partial charge in [0.05, 0.1) is 4.92 Å². The molecule has 0 unspecified atom stereocenters. The average Bonchev–Trinajstić information content (AvgIpc) is 2.45. The van der Waals surface area contributed by atoms with Crippen molar-refractivity contribution in [3.63, 3.8) is 0 Å². The summed E-state index contributed by atoms with van der Waals surface area (Å²) in [7, 11) is 0. The molecule has 2 rings (SSSR count). The van der Waals surface area contributed by atoms with Gasteiger partial charge in [-0.25, -0.2) is 0 Å². The number of rotatable bonds is 4. The molecule has 22 heavy (non-hydrogen) atoms. The monoisotopic (exact) mass is 298 g/mol. The van der Waals surface area contributed by atoms with Crippen LogP contribution in [0.4, 0.5) is 11.4 Å². The number of benzene rings is 2. The average molecular weight is 298 g/mol. The van der Waals surface area contributed by atoms with E-state index in [0.717, 1.165) is 16.8 Å². The third-order valence-electron chi connectivity index (χ3n) is 3.73. The third-order valence-corrected chi connectivity index (χ3v) is 3.73. The summed E-state index contributed by atoms with van der Waals surface area (Å²) in [4.78, 5) is 10.5. The normalized spacial score (nSPS) is 11.3. The highest BCUT2D eigenvalue weighted by Gasteiger charge is 2.13. The minimum atomic E-state index is -0.372. The number of nitro groups is 1. The lowest BCUT2D eigenvalue weighted by Crippen LogP contribution is -2.11. The van der Waals surface area contributed by atoms with Gasteiger partial charge < -0.3 is 5.32 Å². The zero-order valence-corrected chi connectivity index (χ0v) is 13.5.